The van der Waals surface area contributed by atoms with Crippen LogP contribution in [-0.4, -0.2) is 12.6 Å². The Morgan fingerprint density at radius 3 is 2.93 bits per heavy atom. The second kappa shape index (κ2) is 3.98. The highest BCUT2D eigenvalue weighted by atomic mass is 15.0. The predicted octanol–water partition coefficient (Wildman–Crippen LogP) is 1.02. The smallest absolute Gasteiger partial charge is 0.0474 e. The molecule has 2 atom stereocenters. The van der Waals surface area contributed by atoms with Crippen LogP contribution in [-0.2, 0) is 0 Å². The van der Waals surface area contributed by atoms with Crippen LogP contribution in [0.15, 0.2) is 24.3 Å². The van der Waals surface area contributed by atoms with Crippen molar-refractivity contribution < 1.29 is 0 Å². The Balaban J connectivity index is 2.20. The topological polar surface area (TPSA) is 64.1 Å². The van der Waals surface area contributed by atoms with E-state index >= 15 is 0 Å². The van der Waals surface area contributed by atoms with Crippen molar-refractivity contribution in [3.8, 4) is 0 Å². The van der Waals surface area contributed by atoms with Gasteiger partial charge in [0.15, 0.2) is 0 Å². The first kappa shape index (κ1) is 9.49. The average molecular weight is 191 g/mol. The van der Waals surface area contributed by atoms with E-state index < -0.39 is 0 Å². The van der Waals surface area contributed by atoms with Crippen LogP contribution >= 0.6 is 0 Å². The maximum Gasteiger partial charge on any atom is 0.0474 e. The Morgan fingerprint density at radius 1 is 1.36 bits per heavy atom. The molecular formula is C11H17N3. The molecule has 1 aromatic rings. The number of benzene rings is 1. The monoisotopic (exact) mass is 191 g/mol. The second-order valence-corrected chi connectivity index (χ2v) is 3.91. The summed E-state index contributed by atoms with van der Waals surface area (Å²) in [6, 6.07) is 8.45. The van der Waals surface area contributed by atoms with E-state index in [2.05, 4.69) is 11.4 Å². The van der Waals surface area contributed by atoms with Gasteiger partial charge >= 0.3 is 0 Å². The standard InChI is InChI=1S/C11H17N3/c12-9-4-1-3-8(7-9)11-10(13)5-2-6-14-11/h1,3-4,7,10-11,14H,2,5-6,12-13H2. The SMILES string of the molecule is Nc1cccc(C2NCCCC2N)c1. The van der Waals surface area contributed by atoms with E-state index in [1.54, 1.807) is 0 Å². The summed E-state index contributed by atoms with van der Waals surface area (Å²) in [4.78, 5) is 0. The highest BCUT2D eigenvalue weighted by molar-refractivity contribution is 5.42. The van der Waals surface area contributed by atoms with Gasteiger partial charge in [-0.3, -0.25) is 0 Å². The number of piperidine rings is 1. The number of hydrogen-bond acceptors (Lipinski definition) is 3. The molecule has 14 heavy (non-hydrogen) atoms. The van der Waals surface area contributed by atoms with Gasteiger partial charge in [-0.25, -0.2) is 0 Å². The number of nitrogens with one attached hydrogen (secondary N) is 1. The van der Waals surface area contributed by atoms with Gasteiger partial charge in [0.05, 0.1) is 0 Å². The number of anilines is 1. The predicted molar refractivity (Wildman–Crippen MR) is 58.8 cm³/mol. The van der Waals surface area contributed by atoms with Crippen LogP contribution in [0.25, 0.3) is 0 Å². The molecule has 1 fully saturated rings. The molecule has 1 saturated heterocycles. The number of nitrogen functional groups attached to an aromatic ring is 1. The third-order valence-corrected chi connectivity index (χ3v) is 2.78. The van der Waals surface area contributed by atoms with Gasteiger partial charge in [0.1, 0.15) is 0 Å². The molecule has 1 aromatic carbocycles. The fourth-order valence-electron chi connectivity index (χ4n) is 2.03. The molecule has 0 aliphatic carbocycles. The molecule has 0 aromatic heterocycles. The molecule has 0 radical (unpaired) electrons. The van der Waals surface area contributed by atoms with Crippen LogP contribution in [0.5, 0.6) is 0 Å². The van der Waals surface area contributed by atoms with Crippen LogP contribution in [0.4, 0.5) is 5.69 Å². The van der Waals surface area contributed by atoms with Crippen molar-refractivity contribution in [3.63, 3.8) is 0 Å². The van der Waals surface area contributed by atoms with Gasteiger partial charge in [-0.05, 0) is 37.1 Å². The summed E-state index contributed by atoms with van der Waals surface area (Å²) in [6.45, 7) is 1.05. The summed E-state index contributed by atoms with van der Waals surface area (Å²) in [5, 5.41) is 3.43. The van der Waals surface area contributed by atoms with E-state index in [1.807, 2.05) is 18.2 Å². The Bertz CT molecular complexity index is 311. The van der Waals surface area contributed by atoms with Crippen molar-refractivity contribution in [2.75, 3.05) is 12.3 Å². The van der Waals surface area contributed by atoms with Crippen LogP contribution in [0.3, 0.4) is 0 Å². The van der Waals surface area contributed by atoms with E-state index in [1.165, 1.54) is 12.0 Å². The van der Waals surface area contributed by atoms with E-state index in [4.69, 9.17) is 11.5 Å². The van der Waals surface area contributed by atoms with Crippen LogP contribution in [0, 0.1) is 0 Å². The quantitative estimate of drug-likeness (QED) is 0.581. The van der Waals surface area contributed by atoms with Gasteiger partial charge in [0, 0.05) is 17.8 Å². The van der Waals surface area contributed by atoms with Gasteiger partial charge in [0.2, 0.25) is 0 Å². The number of hydrogen-bond donors (Lipinski definition) is 3. The van der Waals surface area contributed by atoms with Gasteiger partial charge in [0.25, 0.3) is 0 Å². The van der Waals surface area contributed by atoms with Crippen molar-refractivity contribution in [3.05, 3.63) is 29.8 Å². The first-order valence-electron chi connectivity index (χ1n) is 5.12. The minimum atomic E-state index is 0.213. The fraction of sp³-hybridized carbons (Fsp3) is 0.455. The largest absolute Gasteiger partial charge is 0.399 e. The maximum absolute atomic E-state index is 6.06. The summed E-state index contributed by atoms with van der Waals surface area (Å²) >= 11 is 0. The summed E-state index contributed by atoms with van der Waals surface area (Å²) in [6.07, 6.45) is 2.26. The van der Waals surface area contributed by atoms with Crippen molar-refractivity contribution in [1.82, 2.24) is 5.32 Å². The molecule has 1 aliphatic heterocycles. The molecular weight excluding hydrogens is 174 g/mol. The summed E-state index contributed by atoms with van der Waals surface area (Å²) < 4.78 is 0. The van der Waals surface area contributed by atoms with E-state index in [-0.39, 0.29) is 12.1 Å². The van der Waals surface area contributed by atoms with Gasteiger partial charge in [-0.2, -0.15) is 0 Å². The fourth-order valence-corrected chi connectivity index (χ4v) is 2.03. The van der Waals surface area contributed by atoms with Crippen molar-refractivity contribution in [2.45, 2.75) is 24.9 Å². The molecule has 0 amide bonds. The van der Waals surface area contributed by atoms with Crippen LogP contribution in [0.1, 0.15) is 24.4 Å². The van der Waals surface area contributed by atoms with E-state index in [0.29, 0.717) is 0 Å². The van der Waals surface area contributed by atoms with Crippen molar-refractivity contribution >= 4 is 5.69 Å². The first-order chi connectivity index (χ1) is 6.77. The zero-order valence-corrected chi connectivity index (χ0v) is 8.24. The molecule has 1 aliphatic rings. The lowest BCUT2D eigenvalue weighted by atomic mass is 9.93. The van der Waals surface area contributed by atoms with Gasteiger partial charge in [-0.1, -0.05) is 12.1 Å². The third kappa shape index (κ3) is 1.89. The molecule has 3 nitrogen and oxygen atoms in total. The Kier molecular flexibility index (Phi) is 2.70. The normalized spacial score (nSPS) is 27.5. The Morgan fingerprint density at radius 2 is 2.21 bits per heavy atom. The zero-order chi connectivity index (χ0) is 9.97. The average Bonchev–Trinajstić information content (AvgIpc) is 2.18. The molecule has 3 heteroatoms. The van der Waals surface area contributed by atoms with Crippen molar-refractivity contribution in [1.29, 1.82) is 0 Å². The molecule has 2 rings (SSSR count). The minimum Gasteiger partial charge on any atom is -0.399 e. The molecule has 0 bridgehead atoms. The Labute approximate surface area is 84.5 Å². The van der Waals surface area contributed by atoms with E-state index in [9.17, 15) is 0 Å². The second-order valence-electron chi connectivity index (χ2n) is 3.91. The lowest BCUT2D eigenvalue weighted by Crippen LogP contribution is -2.42. The summed E-state index contributed by atoms with van der Waals surface area (Å²) in [5.41, 5.74) is 13.8. The lowest BCUT2D eigenvalue weighted by Gasteiger charge is -2.30. The van der Waals surface area contributed by atoms with Gasteiger partial charge in [-0.15, -0.1) is 0 Å². The number of nitrogens with two attached hydrogens (primary N) is 2. The molecule has 1 heterocycles. The highest BCUT2D eigenvalue weighted by Gasteiger charge is 2.22. The van der Waals surface area contributed by atoms with Crippen molar-refractivity contribution in [2.24, 2.45) is 5.73 Å². The molecule has 0 saturated carbocycles. The molecule has 76 valence electrons. The molecule has 5 N–H and O–H groups in total. The summed E-state index contributed by atoms with van der Waals surface area (Å²) in [5.74, 6) is 0. The molecule has 2 unspecified atom stereocenters. The minimum absolute atomic E-state index is 0.213. The van der Waals surface area contributed by atoms with E-state index in [0.717, 1.165) is 18.7 Å². The highest BCUT2D eigenvalue weighted by Crippen LogP contribution is 2.23. The van der Waals surface area contributed by atoms with Gasteiger partial charge < -0.3 is 16.8 Å². The summed E-state index contributed by atoms with van der Waals surface area (Å²) in [7, 11) is 0. The maximum atomic E-state index is 6.06. The molecule has 0 spiro atoms. The number of rotatable bonds is 1. The Hall–Kier alpha value is -1.06. The zero-order valence-electron chi connectivity index (χ0n) is 8.24. The lowest BCUT2D eigenvalue weighted by molar-refractivity contribution is 0.358. The third-order valence-electron chi connectivity index (χ3n) is 2.78. The first-order valence-corrected chi connectivity index (χ1v) is 5.12. The van der Waals surface area contributed by atoms with Crippen LogP contribution < -0.4 is 16.8 Å². The van der Waals surface area contributed by atoms with Crippen LogP contribution in [0.2, 0.25) is 0 Å².